The van der Waals surface area contributed by atoms with Crippen LogP contribution in [0.2, 0.25) is 0 Å². The lowest BCUT2D eigenvalue weighted by atomic mass is 10.1. The maximum atomic E-state index is 10.6. The second-order valence-electron chi connectivity index (χ2n) is 3.23. The van der Waals surface area contributed by atoms with Gasteiger partial charge in [-0.3, -0.25) is 4.79 Å². The molecule has 3 heteroatoms. The summed E-state index contributed by atoms with van der Waals surface area (Å²) >= 11 is 0. The summed E-state index contributed by atoms with van der Waals surface area (Å²) in [5, 5.41) is 0. The van der Waals surface area contributed by atoms with E-state index in [-0.39, 0.29) is 0 Å². The number of aryl methyl sites for hydroxylation is 1. The van der Waals surface area contributed by atoms with E-state index in [0.717, 1.165) is 23.4 Å². The number of rotatable bonds is 2. The summed E-state index contributed by atoms with van der Waals surface area (Å²) in [7, 11) is 0. The van der Waals surface area contributed by atoms with Gasteiger partial charge in [0.25, 0.3) is 0 Å². The van der Waals surface area contributed by atoms with Crippen molar-refractivity contribution >= 4 is 6.29 Å². The Morgan fingerprint density at radius 3 is 2.87 bits per heavy atom. The van der Waals surface area contributed by atoms with Gasteiger partial charge in [-0.1, -0.05) is 18.2 Å². The molecular formula is C12H10N2O. The van der Waals surface area contributed by atoms with Gasteiger partial charge >= 0.3 is 0 Å². The van der Waals surface area contributed by atoms with E-state index in [1.54, 1.807) is 12.3 Å². The molecule has 2 aromatic rings. The molecule has 1 aromatic carbocycles. The number of hydrogen-bond donors (Lipinski definition) is 0. The highest BCUT2D eigenvalue weighted by molar-refractivity contribution is 5.78. The average Bonchev–Trinajstić information content (AvgIpc) is 2.29. The molecular weight excluding hydrogens is 188 g/mol. The van der Waals surface area contributed by atoms with E-state index in [1.807, 2.05) is 31.2 Å². The average molecular weight is 198 g/mol. The van der Waals surface area contributed by atoms with Gasteiger partial charge in [-0.15, -0.1) is 0 Å². The van der Waals surface area contributed by atoms with E-state index in [2.05, 4.69) is 9.97 Å². The summed E-state index contributed by atoms with van der Waals surface area (Å²) < 4.78 is 0. The van der Waals surface area contributed by atoms with Crippen molar-refractivity contribution in [1.82, 2.24) is 9.97 Å². The van der Waals surface area contributed by atoms with Crippen LogP contribution in [-0.2, 0) is 0 Å². The third-order valence-corrected chi connectivity index (χ3v) is 2.09. The van der Waals surface area contributed by atoms with Crippen molar-refractivity contribution in [2.24, 2.45) is 0 Å². The van der Waals surface area contributed by atoms with Gasteiger partial charge in [-0.25, -0.2) is 9.97 Å². The lowest BCUT2D eigenvalue weighted by Crippen LogP contribution is -1.90. The Bertz CT molecular complexity index is 494. The van der Waals surface area contributed by atoms with Crippen molar-refractivity contribution in [2.75, 3.05) is 0 Å². The van der Waals surface area contributed by atoms with Crippen LogP contribution >= 0.6 is 0 Å². The summed E-state index contributed by atoms with van der Waals surface area (Å²) in [6, 6.07) is 9.18. The SMILES string of the molecule is Cc1nccc(-c2cccc(C=O)c2)n1. The van der Waals surface area contributed by atoms with Crippen molar-refractivity contribution in [2.45, 2.75) is 6.92 Å². The van der Waals surface area contributed by atoms with Gasteiger partial charge in [0.1, 0.15) is 12.1 Å². The fraction of sp³-hybridized carbons (Fsp3) is 0.0833. The van der Waals surface area contributed by atoms with Crippen molar-refractivity contribution in [3.8, 4) is 11.3 Å². The highest BCUT2D eigenvalue weighted by Gasteiger charge is 2.00. The fourth-order valence-electron chi connectivity index (χ4n) is 1.39. The van der Waals surface area contributed by atoms with Gasteiger partial charge < -0.3 is 0 Å². The van der Waals surface area contributed by atoms with E-state index in [4.69, 9.17) is 0 Å². The van der Waals surface area contributed by atoms with Crippen molar-refractivity contribution in [1.29, 1.82) is 0 Å². The minimum atomic E-state index is 0.656. The topological polar surface area (TPSA) is 42.9 Å². The van der Waals surface area contributed by atoms with E-state index in [0.29, 0.717) is 5.56 Å². The molecule has 0 aliphatic carbocycles. The van der Waals surface area contributed by atoms with Crippen LogP contribution in [0.5, 0.6) is 0 Å². The molecule has 3 nitrogen and oxygen atoms in total. The Hall–Kier alpha value is -2.03. The first-order valence-corrected chi connectivity index (χ1v) is 4.65. The van der Waals surface area contributed by atoms with Crippen LogP contribution in [0.1, 0.15) is 16.2 Å². The minimum Gasteiger partial charge on any atom is -0.298 e. The molecule has 0 unspecified atom stereocenters. The highest BCUT2D eigenvalue weighted by atomic mass is 16.1. The minimum absolute atomic E-state index is 0.656. The van der Waals surface area contributed by atoms with Gasteiger partial charge in [0.05, 0.1) is 5.69 Å². The third-order valence-electron chi connectivity index (χ3n) is 2.09. The summed E-state index contributed by atoms with van der Waals surface area (Å²) in [4.78, 5) is 18.9. The Labute approximate surface area is 87.8 Å². The second-order valence-corrected chi connectivity index (χ2v) is 3.23. The van der Waals surface area contributed by atoms with Crippen LogP contribution in [0, 0.1) is 6.92 Å². The second kappa shape index (κ2) is 4.00. The number of carbonyl (C=O) groups excluding carboxylic acids is 1. The molecule has 0 spiro atoms. The van der Waals surface area contributed by atoms with Crippen LogP contribution in [0.3, 0.4) is 0 Å². The number of hydrogen-bond acceptors (Lipinski definition) is 3. The van der Waals surface area contributed by atoms with Crippen LogP contribution in [0.4, 0.5) is 0 Å². The summed E-state index contributed by atoms with van der Waals surface area (Å²) in [6.45, 7) is 1.84. The molecule has 74 valence electrons. The molecule has 0 N–H and O–H groups in total. The zero-order chi connectivity index (χ0) is 10.7. The maximum absolute atomic E-state index is 10.6. The molecule has 0 bridgehead atoms. The van der Waals surface area contributed by atoms with Crippen molar-refractivity contribution in [3.63, 3.8) is 0 Å². The Morgan fingerprint density at radius 2 is 2.13 bits per heavy atom. The molecule has 1 heterocycles. The molecule has 15 heavy (non-hydrogen) atoms. The lowest BCUT2D eigenvalue weighted by molar-refractivity contribution is 0.112. The van der Waals surface area contributed by atoms with E-state index in [9.17, 15) is 4.79 Å². The van der Waals surface area contributed by atoms with Crippen molar-refractivity contribution < 1.29 is 4.79 Å². The van der Waals surface area contributed by atoms with Crippen LogP contribution in [-0.4, -0.2) is 16.3 Å². The number of aromatic nitrogens is 2. The van der Waals surface area contributed by atoms with Gasteiger partial charge in [0.2, 0.25) is 0 Å². The Balaban J connectivity index is 2.49. The molecule has 0 aliphatic heterocycles. The molecule has 0 atom stereocenters. The molecule has 0 radical (unpaired) electrons. The molecule has 0 saturated carbocycles. The van der Waals surface area contributed by atoms with E-state index < -0.39 is 0 Å². The summed E-state index contributed by atoms with van der Waals surface area (Å²) in [5.74, 6) is 0.726. The Kier molecular flexibility index (Phi) is 2.54. The predicted molar refractivity (Wildman–Crippen MR) is 57.6 cm³/mol. The van der Waals surface area contributed by atoms with Gasteiger partial charge in [0.15, 0.2) is 0 Å². The molecule has 0 fully saturated rings. The van der Waals surface area contributed by atoms with Crippen LogP contribution < -0.4 is 0 Å². The third kappa shape index (κ3) is 2.07. The monoisotopic (exact) mass is 198 g/mol. The first-order valence-electron chi connectivity index (χ1n) is 4.65. The van der Waals surface area contributed by atoms with Crippen molar-refractivity contribution in [3.05, 3.63) is 47.9 Å². The van der Waals surface area contributed by atoms with E-state index >= 15 is 0 Å². The van der Waals surface area contributed by atoms with E-state index in [1.165, 1.54) is 0 Å². The largest absolute Gasteiger partial charge is 0.298 e. The van der Waals surface area contributed by atoms with Crippen LogP contribution in [0.25, 0.3) is 11.3 Å². The van der Waals surface area contributed by atoms with Gasteiger partial charge in [-0.05, 0) is 19.1 Å². The molecule has 2 rings (SSSR count). The Morgan fingerprint density at radius 1 is 1.27 bits per heavy atom. The van der Waals surface area contributed by atoms with Gasteiger partial charge in [0, 0.05) is 17.3 Å². The normalized spacial score (nSPS) is 9.93. The predicted octanol–water partition coefficient (Wildman–Crippen LogP) is 2.26. The number of aldehydes is 1. The fourth-order valence-corrected chi connectivity index (χ4v) is 1.39. The molecule has 0 saturated heterocycles. The highest BCUT2D eigenvalue weighted by Crippen LogP contribution is 2.16. The lowest BCUT2D eigenvalue weighted by Gasteiger charge is -2.01. The van der Waals surface area contributed by atoms with Gasteiger partial charge in [-0.2, -0.15) is 0 Å². The molecule has 0 aliphatic rings. The first-order chi connectivity index (χ1) is 7.29. The number of carbonyl (C=O) groups is 1. The standard InChI is InChI=1S/C12H10N2O/c1-9-13-6-5-12(14-9)11-4-2-3-10(7-11)8-15/h2-8H,1H3. The maximum Gasteiger partial charge on any atom is 0.150 e. The first kappa shape index (κ1) is 9.52. The van der Waals surface area contributed by atoms with Crippen LogP contribution in [0.15, 0.2) is 36.5 Å². The zero-order valence-corrected chi connectivity index (χ0v) is 8.34. The molecule has 1 aromatic heterocycles. The summed E-state index contributed by atoms with van der Waals surface area (Å²) in [5.41, 5.74) is 2.43. The zero-order valence-electron chi connectivity index (χ0n) is 8.34. The number of benzene rings is 1. The smallest absolute Gasteiger partial charge is 0.150 e. The summed E-state index contributed by atoms with van der Waals surface area (Å²) in [6.07, 6.45) is 2.54. The quantitative estimate of drug-likeness (QED) is 0.695. The number of nitrogens with zero attached hydrogens (tertiary/aromatic N) is 2. The molecule has 0 amide bonds.